The van der Waals surface area contributed by atoms with Gasteiger partial charge in [0, 0.05) is 0 Å². The van der Waals surface area contributed by atoms with E-state index in [0.29, 0.717) is 5.92 Å². The highest BCUT2D eigenvalue weighted by Crippen LogP contribution is 2.08. The first-order chi connectivity index (χ1) is 4.18. The Labute approximate surface area is 58.9 Å². The zero-order valence-electron chi connectivity index (χ0n) is 7.02. The van der Waals surface area contributed by atoms with Crippen LogP contribution in [0.5, 0.6) is 0 Å². The van der Waals surface area contributed by atoms with Gasteiger partial charge in [0.15, 0.2) is 0 Å². The van der Waals surface area contributed by atoms with Crippen molar-refractivity contribution in [3.05, 3.63) is 12.7 Å². The Hall–Kier alpha value is -0.300. The van der Waals surface area contributed by atoms with Gasteiger partial charge in [-0.15, -0.1) is 6.58 Å². The van der Waals surface area contributed by atoms with Gasteiger partial charge >= 0.3 is 0 Å². The van der Waals surface area contributed by atoms with Crippen LogP contribution in [0.15, 0.2) is 12.7 Å². The molecule has 0 aromatic carbocycles. The lowest BCUT2D eigenvalue weighted by Gasteiger charge is -2.07. The van der Waals surface area contributed by atoms with Gasteiger partial charge in [-0.05, 0) is 18.9 Å². The molecule has 0 aliphatic rings. The predicted molar refractivity (Wildman–Crippen MR) is 44.3 cm³/mol. The van der Waals surface area contributed by atoms with Crippen LogP contribution in [0.3, 0.4) is 0 Å². The van der Waals surface area contributed by atoms with Crippen molar-refractivity contribution in [2.75, 3.05) is 7.05 Å². The summed E-state index contributed by atoms with van der Waals surface area (Å²) in [4.78, 5) is 0. The molecule has 0 aromatic rings. The van der Waals surface area contributed by atoms with Crippen molar-refractivity contribution in [1.82, 2.24) is 0 Å². The Morgan fingerprint density at radius 2 is 1.56 bits per heavy atom. The molecule has 0 unspecified atom stereocenters. The number of hydrogen-bond donors (Lipinski definition) is 1. The molecule has 56 valence electrons. The van der Waals surface area contributed by atoms with Crippen molar-refractivity contribution in [3.8, 4) is 0 Å². The standard InChI is InChI=1S/C7H14.CH5N/c1-5-7(4)6(2)3;1-2/h5-7H,1H2,2-4H3;2H2,1H3/t7-;/m1./s1. The van der Waals surface area contributed by atoms with E-state index in [2.05, 4.69) is 33.1 Å². The van der Waals surface area contributed by atoms with Gasteiger partial charge in [0.25, 0.3) is 0 Å². The molecule has 0 amide bonds. The molecule has 0 aliphatic carbocycles. The molecule has 0 aromatic heterocycles. The van der Waals surface area contributed by atoms with Crippen LogP contribution in [0.2, 0.25) is 0 Å². The smallest absolute Gasteiger partial charge is 0.0195 e. The molecule has 0 rings (SSSR count). The summed E-state index contributed by atoms with van der Waals surface area (Å²) in [5.74, 6) is 1.41. The fourth-order valence-corrected chi connectivity index (χ4v) is 0.272. The van der Waals surface area contributed by atoms with Gasteiger partial charge in [0.2, 0.25) is 0 Å². The molecule has 2 N–H and O–H groups in total. The average Bonchev–Trinajstić information content (AvgIpc) is 1.91. The molecule has 1 heteroatoms. The molecule has 0 bridgehead atoms. The summed E-state index contributed by atoms with van der Waals surface area (Å²) >= 11 is 0. The molecular formula is C8H19N. The third-order valence-electron chi connectivity index (χ3n) is 1.42. The second kappa shape index (κ2) is 7.70. The molecule has 0 heterocycles. The summed E-state index contributed by atoms with van der Waals surface area (Å²) in [5.41, 5.74) is 4.50. The molecule has 0 aliphatic heterocycles. The summed E-state index contributed by atoms with van der Waals surface area (Å²) in [5, 5.41) is 0. The van der Waals surface area contributed by atoms with Crippen LogP contribution in [-0.2, 0) is 0 Å². The fraction of sp³-hybridized carbons (Fsp3) is 0.750. The van der Waals surface area contributed by atoms with E-state index in [0.717, 1.165) is 5.92 Å². The highest BCUT2D eigenvalue weighted by atomic mass is 14.4. The van der Waals surface area contributed by atoms with Crippen LogP contribution in [0.1, 0.15) is 20.8 Å². The lowest BCUT2D eigenvalue weighted by molar-refractivity contribution is 0.505. The van der Waals surface area contributed by atoms with Gasteiger partial charge < -0.3 is 5.73 Å². The quantitative estimate of drug-likeness (QED) is 0.567. The first kappa shape index (κ1) is 11.5. The molecule has 0 fully saturated rings. The Kier molecular flexibility index (Phi) is 9.83. The van der Waals surface area contributed by atoms with Crippen LogP contribution in [0, 0.1) is 11.8 Å². The number of nitrogens with two attached hydrogens (primary N) is 1. The Morgan fingerprint density at radius 3 is 1.56 bits per heavy atom. The summed E-state index contributed by atoms with van der Waals surface area (Å²) in [6.07, 6.45) is 1.99. The van der Waals surface area contributed by atoms with E-state index in [9.17, 15) is 0 Å². The number of hydrogen-bond acceptors (Lipinski definition) is 1. The van der Waals surface area contributed by atoms with Crippen LogP contribution in [0.25, 0.3) is 0 Å². The molecule has 1 atom stereocenters. The van der Waals surface area contributed by atoms with E-state index >= 15 is 0 Å². The lowest BCUT2D eigenvalue weighted by Crippen LogP contribution is -1.97. The fourth-order valence-electron chi connectivity index (χ4n) is 0.272. The zero-order valence-corrected chi connectivity index (χ0v) is 7.02. The van der Waals surface area contributed by atoms with Crippen molar-refractivity contribution >= 4 is 0 Å². The largest absolute Gasteiger partial charge is 0.333 e. The Bertz CT molecular complexity index is 57.6. The van der Waals surface area contributed by atoms with E-state index in [4.69, 9.17) is 0 Å². The van der Waals surface area contributed by atoms with Gasteiger partial charge in [-0.1, -0.05) is 26.8 Å². The maximum Gasteiger partial charge on any atom is -0.0195 e. The zero-order chi connectivity index (χ0) is 7.86. The molecule has 9 heavy (non-hydrogen) atoms. The summed E-state index contributed by atoms with van der Waals surface area (Å²) in [6.45, 7) is 10.3. The van der Waals surface area contributed by atoms with Gasteiger partial charge in [-0.2, -0.15) is 0 Å². The number of rotatable bonds is 2. The second-order valence-corrected chi connectivity index (χ2v) is 2.34. The van der Waals surface area contributed by atoms with Gasteiger partial charge in [0.1, 0.15) is 0 Å². The van der Waals surface area contributed by atoms with Crippen LogP contribution < -0.4 is 5.73 Å². The third-order valence-corrected chi connectivity index (χ3v) is 1.42. The normalized spacial score (nSPS) is 11.8. The van der Waals surface area contributed by atoms with Crippen molar-refractivity contribution in [2.45, 2.75) is 20.8 Å². The molecule has 0 radical (unpaired) electrons. The Morgan fingerprint density at radius 1 is 1.22 bits per heavy atom. The monoisotopic (exact) mass is 129 g/mol. The van der Waals surface area contributed by atoms with Crippen LogP contribution in [-0.4, -0.2) is 7.05 Å². The van der Waals surface area contributed by atoms with E-state index in [-0.39, 0.29) is 0 Å². The van der Waals surface area contributed by atoms with Gasteiger partial charge in [0.05, 0.1) is 0 Å². The number of allylic oxidation sites excluding steroid dienone is 1. The minimum atomic E-state index is 0.667. The van der Waals surface area contributed by atoms with Crippen LogP contribution >= 0.6 is 0 Å². The van der Waals surface area contributed by atoms with Crippen molar-refractivity contribution in [3.63, 3.8) is 0 Å². The van der Waals surface area contributed by atoms with E-state index in [1.54, 1.807) is 0 Å². The molecule has 0 saturated carbocycles. The average molecular weight is 129 g/mol. The maximum atomic E-state index is 4.50. The third kappa shape index (κ3) is 7.70. The summed E-state index contributed by atoms with van der Waals surface area (Å²) < 4.78 is 0. The van der Waals surface area contributed by atoms with E-state index < -0.39 is 0 Å². The first-order valence-electron chi connectivity index (χ1n) is 3.38. The highest BCUT2D eigenvalue weighted by molar-refractivity contribution is 4.76. The highest BCUT2D eigenvalue weighted by Gasteiger charge is 1.98. The SMILES string of the molecule is C=C[C@@H](C)C(C)C.CN. The van der Waals surface area contributed by atoms with Crippen molar-refractivity contribution in [1.29, 1.82) is 0 Å². The minimum absolute atomic E-state index is 0.667. The molecular weight excluding hydrogens is 110 g/mol. The maximum absolute atomic E-state index is 4.50. The van der Waals surface area contributed by atoms with Crippen molar-refractivity contribution in [2.24, 2.45) is 17.6 Å². The van der Waals surface area contributed by atoms with E-state index in [1.807, 2.05) is 6.08 Å². The van der Waals surface area contributed by atoms with Crippen molar-refractivity contribution < 1.29 is 0 Å². The summed E-state index contributed by atoms with van der Waals surface area (Å²) in [6, 6.07) is 0. The van der Waals surface area contributed by atoms with Gasteiger partial charge in [-0.3, -0.25) is 0 Å². The molecule has 0 spiro atoms. The molecule has 1 nitrogen and oxygen atoms in total. The second-order valence-electron chi connectivity index (χ2n) is 2.34. The minimum Gasteiger partial charge on any atom is -0.333 e. The predicted octanol–water partition coefficient (Wildman–Crippen LogP) is 2.04. The molecule has 0 saturated heterocycles. The summed E-state index contributed by atoms with van der Waals surface area (Å²) in [7, 11) is 1.50. The topological polar surface area (TPSA) is 26.0 Å². The first-order valence-corrected chi connectivity index (χ1v) is 3.38. The lowest BCUT2D eigenvalue weighted by atomic mass is 9.99. The van der Waals surface area contributed by atoms with Gasteiger partial charge in [-0.25, -0.2) is 0 Å². The Balaban J connectivity index is 0. The van der Waals surface area contributed by atoms with E-state index in [1.165, 1.54) is 7.05 Å². The van der Waals surface area contributed by atoms with Crippen LogP contribution in [0.4, 0.5) is 0 Å².